The Balaban J connectivity index is 1.95. The number of aliphatic hydroxyl groups is 1. The molecule has 2 N–H and O–H groups in total. The quantitative estimate of drug-likeness (QED) is 0.813. The van der Waals surface area contributed by atoms with Crippen LogP contribution < -0.4 is 5.32 Å². The molecule has 0 aliphatic carbocycles. The lowest BCUT2D eigenvalue weighted by Crippen LogP contribution is -2.36. The standard InChI is InChI=1S/C16H23N3O/c1-3-19-11-15(10-17-19)13(2)18-16(12-20)9-14-7-5-4-6-8-14/h4-8,10-11,13,16,18,20H,3,9,12H2,1-2H3/t13?,16-/m1/s1. The molecule has 4 heteroatoms. The van der Waals surface area contributed by atoms with Crippen LogP contribution in [0, 0.1) is 0 Å². The van der Waals surface area contributed by atoms with Crippen LogP contribution in [0.3, 0.4) is 0 Å². The van der Waals surface area contributed by atoms with E-state index in [9.17, 15) is 5.11 Å². The summed E-state index contributed by atoms with van der Waals surface area (Å²) in [5.41, 5.74) is 2.38. The van der Waals surface area contributed by atoms with Gasteiger partial charge >= 0.3 is 0 Å². The van der Waals surface area contributed by atoms with Gasteiger partial charge in [0.1, 0.15) is 0 Å². The topological polar surface area (TPSA) is 50.1 Å². The first-order valence-corrected chi connectivity index (χ1v) is 7.16. The van der Waals surface area contributed by atoms with Gasteiger partial charge < -0.3 is 10.4 Å². The first-order valence-electron chi connectivity index (χ1n) is 7.16. The molecule has 20 heavy (non-hydrogen) atoms. The fraction of sp³-hybridized carbons (Fsp3) is 0.438. The zero-order valence-electron chi connectivity index (χ0n) is 12.2. The summed E-state index contributed by atoms with van der Waals surface area (Å²) < 4.78 is 1.92. The maximum Gasteiger partial charge on any atom is 0.0588 e. The molecule has 0 bridgehead atoms. The molecule has 108 valence electrons. The summed E-state index contributed by atoms with van der Waals surface area (Å²) in [6.07, 6.45) is 4.76. The normalized spacial score (nSPS) is 14.2. The maximum atomic E-state index is 9.55. The minimum Gasteiger partial charge on any atom is -0.395 e. The molecule has 0 saturated carbocycles. The number of aryl methyl sites for hydroxylation is 1. The lowest BCUT2D eigenvalue weighted by Gasteiger charge is -2.21. The van der Waals surface area contributed by atoms with Gasteiger partial charge in [-0.3, -0.25) is 4.68 Å². The van der Waals surface area contributed by atoms with Crippen molar-refractivity contribution in [3.05, 3.63) is 53.9 Å². The minimum absolute atomic E-state index is 0.0531. The Morgan fingerprint density at radius 2 is 2.05 bits per heavy atom. The SMILES string of the molecule is CCn1cc(C(C)N[C@@H](CO)Cc2ccccc2)cn1. The molecule has 1 aromatic heterocycles. The fourth-order valence-electron chi connectivity index (χ4n) is 2.30. The zero-order valence-corrected chi connectivity index (χ0v) is 12.2. The largest absolute Gasteiger partial charge is 0.395 e. The number of rotatable bonds is 7. The van der Waals surface area contributed by atoms with Gasteiger partial charge in [0.05, 0.1) is 12.8 Å². The number of aromatic nitrogens is 2. The van der Waals surface area contributed by atoms with Gasteiger partial charge in [-0.25, -0.2) is 0 Å². The molecule has 1 unspecified atom stereocenters. The van der Waals surface area contributed by atoms with E-state index in [1.54, 1.807) is 0 Å². The van der Waals surface area contributed by atoms with E-state index in [1.807, 2.05) is 29.1 Å². The number of nitrogens with zero attached hydrogens (tertiary/aromatic N) is 2. The smallest absolute Gasteiger partial charge is 0.0588 e. The van der Waals surface area contributed by atoms with Gasteiger partial charge in [0.2, 0.25) is 0 Å². The van der Waals surface area contributed by atoms with Crippen LogP contribution in [-0.2, 0) is 13.0 Å². The minimum atomic E-state index is 0.0531. The van der Waals surface area contributed by atoms with Crippen molar-refractivity contribution in [2.45, 2.75) is 38.9 Å². The molecule has 0 aliphatic heterocycles. The van der Waals surface area contributed by atoms with Crippen LogP contribution in [0.15, 0.2) is 42.7 Å². The van der Waals surface area contributed by atoms with Gasteiger partial charge in [0.25, 0.3) is 0 Å². The van der Waals surface area contributed by atoms with Gasteiger partial charge in [-0.15, -0.1) is 0 Å². The Bertz CT molecular complexity index is 509. The number of nitrogens with one attached hydrogen (secondary N) is 1. The molecule has 2 aromatic rings. The van der Waals surface area contributed by atoms with Crippen molar-refractivity contribution in [2.24, 2.45) is 0 Å². The highest BCUT2D eigenvalue weighted by atomic mass is 16.3. The molecular weight excluding hydrogens is 250 g/mol. The Morgan fingerprint density at radius 3 is 2.65 bits per heavy atom. The monoisotopic (exact) mass is 273 g/mol. The summed E-state index contributed by atoms with van der Waals surface area (Å²) in [6.45, 7) is 5.17. The number of aliphatic hydroxyl groups excluding tert-OH is 1. The van der Waals surface area contributed by atoms with E-state index in [0.717, 1.165) is 18.5 Å². The lowest BCUT2D eigenvalue weighted by molar-refractivity contribution is 0.232. The highest BCUT2D eigenvalue weighted by molar-refractivity contribution is 5.16. The summed E-state index contributed by atoms with van der Waals surface area (Å²) in [4.78, 5) is 0. The van der Waals surface area contributed by atoms with E-state index in [0.29, 0.717) is 0 Å². The van der Waals surface area contributed by atoms with E-state index in [1.165, 1.54) is 5.56 Å². The van der Waals surface area contributed by atoms with E-state index in [4.69, 9.17) is 0 Å². The lowest BCUT2D eigenvalue weighted by atomic mass is 10.0. The third kappa shape index (κ3) is 3.92. The zero-order chi connectivity index (χ0) is 14.4. The second kappa shape index (κ2) is 7.22. The van der Waals surface area contributed by atoms with Crippen molar-refractivity contribution in [1.82, 2.24) is 15.1 Å². The second-order valence-corrected chi connectivity index (χ2v) is 5.09. The highest BCUT2D eigenvalue weighted by Crippen LogP contribution is 2.13. The summed E-state index contributed by atoms with van der Waals surface area (Å²) in [7, 11) is 0. The van der Waals surface area contributed by atoms with Crippen molar-refractivity contribution in [3.63, 3.8) is 0 Å². The van der Waals surface area contributed by atoms with E-state index < -0.39 is 0 Å². The Hall–Kier alpha value is -1.65. The number of hydrogen-bond donors (Lipinski definition) is 2. The summed E-state index contributed by atoms with van der Waals surface area (Å²) in [5, 5.41) is 17.3. The third-order valence-electron chi connectivity index (χ3n) is 3.51. The van der Waals surface area contributed by atoms with Crippen LogP contribution in [0.2, 0.25) is 0 Å². The summed E-state index contributed by atoms with van der Waals surface area (Å²) in [5.74, 6) is 0. The summed E-state index contributed by atoms with van der Waals surface area (Å²) in [6, 6.07) is 10.5. The Labute approximate surface area is 120 Å². The predicted molar refractivity (Wildman–Crippen MR) is 80.5 cm³/mol. The van der Waals surface area contributed by atoms with Gasteiger partial charge in [-0.2, -0.15) is 5.10 Å². The maximum absolute atomic E-state index is 9.55. The molecule has 0 amide bonds. The molecule has 1 aromatic carbocycles. The van der Waals surface area contributed by atoms with E-state index >= 15 is 0 Å². The van der Waals surface area contributed by atoms with Crippen molar-refractivity contribution < 1.29 is 5.11 Å². The van der Waals surface area contributed by atoms with Crippen LogP contribution in [-0.4, -0.2) is 27.5 Å². The van der Waals surface area contributed by atoms with Crippen molar-refractivity contribution in [2.75, 3.05) is 6.61 Å². The predicted octanol–water partition coefficient (Wildman–Crippen LogP) is 2.16. The molecule has 2 rings (SSSR count). The highest BCUT2D eigenvalue weighted by Gasteiger charge is 2.14. The van der Waals surface area contributed by atoms with Crippen molar-refractivity contribution in [3.8, 4) is 0 Å². The second-order valence-electron chi connectivity index (χ2n) is 5.09. The van der Waals surface area contributed by atoms with Gasteiger partial charge in [0.15, 0.2) is 0 Å². The molecule has 0 saturated heterocycles. The molecule has 0 radical (unpaired) electrons. The average Bonchev–Trinajstić information content (AvgIpc) is 2.96. The van der Waals surface area contributed by atoms with Crippen LogP contribution in [0.4, 0.5) is 0 Å². The van der Waals surface area contributed by atoms with Gasteiger partial charge in [-0.1, -0.05) is 30.3 Å². The number of benzene rings is 1. The molecule has 4 nitrogen and oxygen atoms in total. The van der Waals surface area contributed by atoms with E-state index in [-0.39, 0.29) is 18.7 Å². The fourth-order valence-corrected chi connectivity index (χ4v) is 2.30. The van der Waals surface area contributed by atoms with Crippen LogP contribution in [0.25, 0.3) is 0 Å². The van der Waals surface area contributed by atoms with Crippen LogP contribution in [0.5, 0.6) is 0 Å². The molecule has 0 fully saturated rings. The number of hydrogen-bond acceptors (Lipinski definition) is 3. The van der Waals surface area contributed by atoms with Crippen molar-refractivity contribution >= 4 is 0 Å². The average molecular weight is 273 g/mol. The van der Waals surface area contributed by atoms with Crippen LogP contribution >= 0.6 is 0 Å². The van der Waals surface area contributed by atoms with Crippen molar-refractivity contribution in [1.29, 1.82) is 0 Å². The van der Waals surface area contributed by atoms with Gasteiger partial charge in [0, 0.05) is 30.4 Å². The van der Waals surface area contributed by atoms with Gasteiger partial charge in [-0.05, 0) is 25.8 Å². The first kappa shape index (κ1) is 14.8. The first-order chi connectivity index (χ1) is 9.72. The molecule has 2 atom stereocenters. The molecular formula is C16H23N3O. The summed E-state index contributed by atoms with van der Waals surface area (Å²) >= 11 is 0. The van der Waals surface area contributed by atoms with Crippen LogP contribution in [0.1, 0.15) is 31.0 Å². The molecule has 1 heterocycles. The Kier molecular flexibility index (Phi) is 5.32. The molecule has 0 aliphatic rings. The molecule has 0 spiro atoms. The van der Waals surface area contributed by atoms with E-state index in [2.05, 4.69) is 42.6 Å². The Morgan fingerprint density at radius 1 is 1.30 bits per heavy atom. The third-order valence-corrected chi connectivity index (χ3v) is 3.51.